The Morgan fingerprint density at radius 1 is 0.971 bits per heavy atom. The van der Waals surface area contributed by atoms with Gasteiger partial charge in [0.05, 0.1) is 6.42 Å². The number of rotatable bonds is 5. The van der Waals surface area contributed by atoms with Gasteiger partial charge in [0, 0.05) is 44.0 Å². The summed E-state index contributed by atoms with van der Waals surface area (Å²) >= 11 is 0. The molecule has 2 aromatic heterocycles. The lowest BCUT2D eigenvalue weighted by atomic mass is 10.1. The number of anilines is 2. The molecule has 1 saturated heterocycles. The SMILES string of the molecule is Cc1cccc(CC(=O)Nc2c(C(=O)N3CCN(c4ncccn4)CC3)oc3ccccc23)c1. The number of hydrogen-bond acceptors (Lipinski definition) is 6. The van der Waals surface area contributed by atoms with Crippen LogP contribution in [0.3, 0.4) is 0 Å². The fraction of sp³-hybridized carbons (Fsp3) is 0.231. The summed E-state index contributed by atoms with van der Waals surface area (Å²) in [6.45, 7) is 4.23. The average Bonchev–Trinajstić information content (AvgIpc) is 3.22. The molecule has 1 fully saturated rings. The summed E-state index contributed by atoms with van der Waals surface area (Å²) in [6.07, 6.45) is 3.63. The molecule has 0 radical (unpaired) electrons. The van der Waals surface area contributed by atoms with E-state index in [0.717, 1.165) is 11.1 Å². The Bertz CT molecular complexity index is 1330. The standard InChI is InChI=1S/C26H25N5O3/c1-18-6-4-7-19(16-18)17-22(32)29-23-20-8-2-3-9-21(20)34-24(23)25(33)30-12-14-31(15-13-30)26-27-10-5-11-28-26/h2-11,16H,12-15,17H2,1H3,(H,29,32). The number of para-hydroxylation sites is 1. The summed E-state index contributed by atoms with van der Waals surface area (Å²) in [5.41, 5.74) is 2.99. The third-order valence-electron chi connectivity index (χ3n) is 5.90. The number of aryl methyl sites for hydroxylation is 1. The van der Waals surface area contributed by atoms with Crippen LogP contribution in [0.4, 0.5) is 11.6 Å². The van der Waals surface area contributed by atoms with Crippen LogP contribution in [0.5, 0.6) is 0 Å². The van der Waals surface area contributed by atoms with Crippen molar-refractivity contribution in [3.8, 4) is 0 Å². The van der Waals surface area contributed by atoms with E-state index in [1.54, 1.807) is 29.4 Å². The first-order valence-electron chi connectivity index (χ1n) is 11.3. The number of hydrogen-bond donors (Lipinski definition) is 1. The van der Waals surface area contributed by atoms with Crippen LogP contribution in [0, 0.1) is 6.92 Å². The summed E-state index contributed by atoms with van der Waals surface area (Å²) in [5.74, 6) is 0.374. The monoisotopic (exact) mass is 455 g/mol. The molecule has 4 aromatic rings. The lowest BCUT2D eigenvalue weighted by Crippen LogP contribution is -2.49. The number of nitrogens with zero attached hydrogens (tertiary/aromatic N) is 4. The van der Waals surface area contributed by atoms with E-state index in [4.69, 9.17) is 4.42 Å². The molecule has 0 unspecified atom stereocenters. The highest BCUT2D eigenvalue weighted by molar-refractivity contribution is 6.11. The molecule has 2 aromatic carbocycles. The second-order valence-electron chi connectivity index (χ2n) is 8.34. The molecule has 172 valence electrons. The molecule has 0 aliphatic carbocycles. The summed E-state index contributed by atoms with van der Waals surface area (Å²) < 4.78 is 5.95. The van der Waals surface area contributed by atoms with Gasteiger partial charge in [0.25, 0.3) is 5.91 Å². The Labute approximate surface area is 197 Å². The maximum atomic E-state index is 13.4. The van der Waals surface area contributed by atoms with Gasteiger partial charge in [0.2, 0.25) is 17.6 Å². The van der Waals surface area contributed by atoms with Crippen molar-refractivity contribution in [3.63, 3.8) is 0 Å². The van der Waals surface area contributed by atoms with Gasteiger partial charge in [-0.2, -0.15) is 0 Å². The lowest BCUT2D eigenvalue weighted by molar-refractivity contribution is -0.115. The fourth-order valence-electron chi connectivity index (χ4n) is 4.22. The Morgan fingerprint density at radius 2 is 1.74 bits per heavy atom. The quantitative estimate of drug-likeness (QED) is 0.494. The molecule has 34 heavy (non-hydrogen) atoms. The number of piperazine rings is 1. The molecule has 5 rings (SSSR count). The van der Waals surface area contributed by atoms with E-state index in [1.807, 2.05) is 54.3 Å². The van der Waals surface area contributed by atoms with E-state index < -0.39 is 0 Å². The van der Waals surface area contributed by atoms with Crippen LogP contribution in [0.2, 0.25) is 0 Å². The highest BCUT2D eigenvalue weighted by Gasteiger charge is 2.29. The minimum Gasteiger partial charge on any atom is -0.449 e. The molecule has 8 nitrogen and oxygen atoms in total. The minimum absolute atomic E-state index is 0.156. The minimum atomic E-state index is -0.240. The van der Waals surface area contributed by atoms with Crippen molar-refractivity contribution in [2.75, 3.05) is 36.4 Å². The van der Waals surface area contributed by atoms with Crippen molar-refractivity contribution in [1.82, 2.24) is 14.9 Å². The second-order valence-corrected chi connectivity index (χ2v) is 8.34. The van der Waals surface area contributed by atoms with Gasteiger partial charge in [0.15, 0.2) is 0 Å². The molecule has 1 aliphatic heterocycles. The predicted molar refractivity (Wildman–Crippen MR) is 130 cm³/mol. The van der Waals surface area contributed by atoms with Crippen molar-refractivity contribution < 1.29 is 14.0 Å². The highest BCUT2D eigenvalue weighted by atomic mass is 16.3. The van der Waals surface area contributed by atoms with Crippen LogP contribution in [0.25, 0.3) is 11.0 Å². The first-order chi connectivity index (χ1) is 16.6. The van der Waals surface area contributed by atoms with Gasteiger partial charge in [-0.05, 0) is 30.7 Å². The summed E-state index contributed by atoms with van der Waals surface area (Å²) in [5, 5.41) is 3.65. The summed E-state index contributed by atoms with van der Waals surface area (Å²) in [4.78, 5) is 38.7. The molecular weight excluding hydrogens is 430 g/mol. The molecular formula is C26H25N5O3. The molecule has 3 heterocycles. The zero-order valence-electron chi connectivity index (χ0n) is 18.9. The lowest BCUT2D eigenvalue weighted by Gasteiger charge is -2.34. The van der Waals surface area contributed by atoms with Crippen LogP contribution < -0.4 is 10.2 Å². The van der Waals surface area contributed by atoms with E-state index in [9.17, 15) is 9.59 Å². The maximum absolute atomic E-state index is 13.4. The summed E-state index contributed by atoms with van der Waals surface area (Å²) in [7, 11) is 0. The van der Waals surface area contributed by atoms with Crippen LogP contribution in [0.1, 0.15) is 21.7 Å². The van der Waals surface area contributed by atoms with Crippen molar-refractivity contribution in [1.29, 1.82) is 0 Å². The van der Waals surface area contributed by atoms with Crippen LogP contribution in [-0.2, 0) is 11.2 Å². The topological polar surface area (TPSA) is 91.6 Å². The van der Waals surface area contributed by atoms with Gasteiger partial charge in [-0.1, -0.05) is 42.0 Å². The number of aromatic nitrogens is 2. The van der Waals surface area contributed by atoms with Crippen molar-refractivity contribution in [2.45, 2.75) is 13.3 Å². The molecule has 2 amide bonds. The van der Waals surface area contributed by atoms with E-state index in [2.05, 4.69) is 15.3 Å². The number of amides is 2. The van der Waals surface area contributed by atoms with Gasteiger partial charge in [-0.15, -0.1) is 0 Å². The third kappa shape index (κ3) is 4.47. The van der Waals surface area contributed by atoms with Gasteiger partial charge in [-0.25, -0.2) is 9.97 Å². The fourth-order valence-corrected chi connectivity index (χ4v) is 4.22. The number of furan rings is 1. The van der Waals surface area contributed by atoms with Gasteiger partial charge in [-0.3, -0.25) is 9.59 Å². The third-order valence-corrected chi connectivity index (χ3v) is 5.90. The normalized spacial score (nSPS) is 13.8. The number of carbonyl (C=O) groups excluding carboxylic acids is 2. The zero-order chi connectivity index (χ0) is 23.5. The number of nitrogens with one attached hydrogen (secondary N) is 1. The number of fused-ring (bicyclic) bond motifs is 1. The summed E-state index contributed by atoms with van der Waals surface area (Å²) in [6, 6.07) is 17.0. The van der Waals surface area contributed by atoms with Crippen molar-refractivity contribution >= 4 is 34.4 Å². The number of benzene rings is 2. The first kappa shape index (κ1) is 21.6. The van der Waals surface area contributed by atoms with E-state index in [-0.39, 0.29) is 24.0 Å². The Balaban J connectivity index is 1.35. The predicted octanol–water partition coefficient (Wildman–Crippen LogP) is 3.67. The van der Waals surface area contributed by atoms with Crippen molar-refractivity contribution in [2.24, 2.45) is 0 Å². The second kappa shape index (κ2) is 9.35. The van der Waals surface area contributed by atoms with Crippen LogP contribution in [-0.4, -0.2) is 52.9 Å². The first-order valence-corrected chi connectivity index (χ1v) is 11.3. The van der Waals surface area contributed by atoms with Gasteiger partial charge in [0.1, 0.15) is 11.3 Å². The van der Waals surface area contributed by atoms with Crippen molar-refractivity contribution in [3.05, 3.63) is 83.9 Å². The molecule has 1 aliphatic rings. The van der Waals surface area contributed by atoms with E-state index >= 15 is 0 Å². The number of carbonyl (C=O) groups is 2. The highest BCUT2D eigenvalue weighted by Crippen LogP contribution is 2.32. The Morgan fingerprint density at radius 3 is 2.50 bits per heavy atom. The molecule has 1 N–H and O–H groups in total. The Hall–Kier alpha value is -4.20. The molecule has 0 bridgehead atoms. The van der Waals surface area contributed by atoms with Gasteiger partial charge < -0.3 is 19.5 Å². The van der Waals surface area contributed by atoms with E-state index in [1.165, 1.54) is 0 Å². The largest absolute Gasteiger partial charge is 0.449 e. The smallest absolute Gasteiger partial charge is 0.291 e. The van der Waals surface area contributed by atoms with Crippen LogP contribution >= 0.6 is 0 Å². The average molecular weight is 456 g/mol. The molecule has 0 spiro atoms. The van der Waals surface area contributed by atoms with Crippen LogP contribution in [0.15, 0.2) is 71.4 Å². The Kier molecular flexibility index (Phi) is 5.95. The molecule has 8 heteroatoms. The maximum Gasteiger partial charge on any atom is 0.291 e. The molecule has 0 saturated carbocycles. The molecule has 0 atom stereocenters. The van der Waals surface area contributed by atoms with Gasteiger partial charge >= 0.3 is 0 Å². The van der Waals surface area contributed by atoms with E-state index in [0.29, 0.717) is 48.8 Å². The zero-order valence-corrected chi connectivity index (χ0v) is 18.9.